The molecule has 0 radical (unpaired) electrons. The van der Waals surface area contributed by atoms with E-state index >= 15 is 0 Å². The molecule has 32 heavy (non-hydrogen) atoms. The molecule has 0 fully saturated rings. The predicted octanol–water partition coefficient (Wildman–Crippen LogP) is 2.44. The second kappa shape index (κ2) is 7.69. The number of anilines is 1. The fourth-order valence-electron chi connectivity index (χ4n) is 3.62. The quantitative estimate of drug-likeness (QED) is 0.543. The third kappa shape index (κ3) is 3.29. The molecule has 158 valence electrons. The molecule has 4 aromatic rings. The smallest absolute Gasteiger partial charge is 0.272 e. The highest BCUT2D eigenvalue weighted by Crippen LogP contribution is 2.28. The van der Waals surface area contributed by atoms with E-state index in [9.17, 15) is 14.0 Å². The molecule has 0 aliphatic carbocycles. The highest BCUT2D eigenvalue weighted by atomic mass is 19.1. The summed E-state index contributed by atoms with van der Waals surface area (Å²) in [6.07, 6.45) is 1.90. The van der Waals surface area contributed by atoms with E-state index in [0.29, 0.717) is 16.9 Å². The van der Waals surface area contributed by atoms with Gasteiger partial charge in [0.25, 0.3) is 11.8 Å². The first-order valence-corrected chi connectivity index (χ1v) is 9.84. The number of nitrogens with one attached hydrogen (secondary N) is 1. The van der Waals surface area contributed by atoms with Gasteiger partial charge in [-0.3, -0.25) is 9.59 Å². The highest BCUT2D eigenvalue weighted by Gasteiger charge is 2.32. The molecule has 3 heterocycles. The minimum atomic E-state index is -1.27. The molecule has 1 unspecified atom stereocenters. The Hall–Kier alpha value is -4.40. The van der Waals surface area contributed by atoms with E-state index in [-0.39, 0.29) is 17.0 Å². The number of aliphatic imine (C=N–C) groups is 1. The van der Waals surface area contributed by atoms with Crippen LogP contribution in [0, 0.1) is 5.82 Å². The first kappa shape index (κ1) is 19.6. The van der Waals surface area contributed by atoms with Gasteiger partial charge >= 0.3 is 0 Å². The number of carbonyl (C=O) groups is 2. The molecular formula is C23H17FN6O2. The van der Waals surface area contributed by atoms with Gasteiger partial charge in [0.05, 0.1) is 17.6 Å². The van der Waals surface area contributed by atoms with E-state index in [0.717, 1.165) is 0 Å². The molecule has 0 saturated heterocycles. The molecule has 0 bridgehead atoms. The maximum Gasteiger partial charge on any atom is 0.272 e. The molecule has 1 atom stereocenters. The molecule has 0 saturated carbocycles. The van der Waals surface area contributed by atoms with Crippen molar-refractivity contribution in [3.05, 3.63) is 95.7 Å². The van der Waals surface area contributed by atoms with E-state index in [1.165, 1.54) is 21.5 Å². The van der Waals surface area contributed by atoms with Gasteiger partial charge in [-0.15, -0.1) is 0 Å². The van der Waals surface area contributed by atoms with Crippen LogP contribution in [0.2, 0.25) is 0 Å². The topological polar surface area (TPSA) is 92.0 Å². The molecular weight excluding hydrogens is 411 g/mol. The van der Waals surface area contributed by atoms with Crippen LogP contribution >= 0.6 is 0 Å². The van der Waals surface area contributed by atoms with Crippen LogP contribution in [0.3, 0.4) is 0 Å². The van der Waals surface area contributed by atoms with Crippen LogP contribution in [-0.4, -0.2) is 45.3 Å². The summed E-state index contributed by atoms with van der Waals surface area (Å²) in [7, 11) is 1.59. The van der Waals surface area contributed by atoms with Crippen LogP contribution in [-0.2, 0) is 4.79 Å². The van der Waals surface area contributed by atoms with Gasteiger partial charge in [-0.2, -0.15) is 5.10 Å². The van der Waals surface area contributed by atoms with Crippen LogP contribution in [0.5, 0.6) is 0 Å². The van der Waals surface area contributed by atoms with Crippen LogP contribution in [0.1, 0.15) is 21.6 Å². The number of aromatic nitrogens is 3. The van der Waals surface area contributed by atoms with Gasteiger partial charge in [-0.1, -0.05) is 30.3 Å². The van der Waals surface area contributed by atoms with Crippen molar-refractivity contribution in [1.29, 1.82) is 0 Å². The molecule has 2 amide bonds. The average Bonchev–Trinajstić information content (AvgIpc) is 3.26. The third-order valence-corrected chi connectivity index (χ3v) is 5.23. The fraction of sp³-hybridized carbons (Fsp3) is 0.0870. The van der Waals surface area contributed by atoms with E-state index in [4.69, 9.17) is 0 Å². The second-order valence-electron chi connectivity index (χ2n) is 7.19. The Morgan fingerprint density at radius 1 is 1.03 bits per heavy atom. The van der Waals surface area contributed by atoms with Gasteiger partial charge in [0.15, 0.2) is 5.65 Å². The Kier molecular flexibility index (Phi) is 4.70. The van der Waals surface area contributed by atoms with Gasteiger partial charge < -0.3 is 10.2 Å². The summed E-state index contributed by atoms with van der Waals surface area (Å²) >= 11 is 0. The zero-order valence-corrected chi connectivity index (χ0v) is 16.9. The Morgan fingerprint density at radius 3 is 2.59 bits per heavy atom. The van der Waals surface area contributed by atoms with Gasteiger partial charge in [0.1, 0.15) is 11.5 Å². The summed E-state index contributed by atoms with van der Waals surface area (Å²) < 4.78 is 16.2. The number of nitrogens with zero attached hydrogens (tertiary/aromatic N) is 5. The summed E-state index contributed by atoms with van der Waals surface area (Å²) in [6, 6.07) is 16.4. The Morgan fingerprint density at radius 2 is 1.78 bits per heavy atom. The molecule has 2 aromatic carbocycles. The Balaban J connectivity index is 1.58. The van der Waals surface area contributed by atoms with Crippen LogP contribution in [0.4, 0.5) is 10.1 Å². The number of rotatable bonds is 3. The van der Waals surface area contributed by atoms with Crippen LogP contribution < -0.4 is 10.2 Å². The van der Waals surface area contributed by atoms with E-state index in [2.05, 4.69) is 20.4 Å². The van der Waals surface area contributed by atoms with Crippen LogP contribution in [0.25, 0.3) is 5.65 Å². The van der Waals surface area contributed by atoms with Crippen molar-refractivity contribution in [2.24, 2.45) is 4.99 Å². The lowest BCUT2D eigenvalue weighted by molar-refractivity contribution is -0.119. The minimum absolute atomic E-state index is 0.109. The maximum atomic E-state index is 14.7. The van der Waals surface area contributed by atoms with Crippen molar-refractivity contribution < 1.29 is 14.0 Å². The molecule has 1 aliphatic heterocycles. The van der Waals surface area contributed by atoms with Gasteiger partial charge in [-0.05, 0) is 24.3 Å². The maximum absolute atomic E-state index is 14.7. The molecule has 9 heteroatoms. The number of fused-ring (bicyclic) bond motifs is 2. The lowest BCUT2D eigenvalue weighted by atomic mass is 10.00. The number of halogens is 1. The SMILES string of the molecule is CN1C(=O)C(NC(=O)c2ccn3nccc3n2)N=C(c2ccccc2F)c2ccccc21. The second-order valence-corrected chi connectivity index (χ2v) is 7.19. The minimum Gasteiger partial charge on any atom is -0.321 e. The number of hydrogen-bond donors (Lipinski definition) is 1. The van der Waals surface area contributed by atoms with E-state index < -0.39 is 23.8 Å². The van der Waals surface area contributed by atoms with E-state index in [1.807, 2.05) is 0 Å². The normalized spacial score (nSPS) is 15.8. The molecule has 1 aliphatic rings. The molecule has 5 rings (SSSR count). The number of benzene rings is 2. The van der Waals surface area contributed by atoms with Gasteiger partial charge in [0, 0.05) is 30.4 Å². The summed E-state index contributed by atoms with van der Waals surface area (Å²) in [5, 5.41) is 6.68. The lowest BCUT2D eigenvalue weighted by Crippen LogP contribution is -2.46. The van der Waals surface area contributed by atoms with Crippen molar-refractivity contribution in [1.82, 2.24) is 19.9 Å². The van der Waals surface area contributed by atoms with Crippen LogP contribution in [0.15, 0.2) is 78.0 Å². The standard InChI is InChI=1S/C23H17FN6O2/c1-29-18-9-5-3-7-15(18)20(14-6-2-4-8-16(14)24)27-21(23(29)32)28-22(31)17-11-13-30-19(26-17)10-12-25-30/h2-13,21H,1H3,(H,28,31). The van der Waals surface area contributed by atoms with E-state index in [1.54, 1.807) is 68.0 Å². The van der Waals surface area contributed by atoms with Gasteiger partial charge in [-0.25, -0.2) is 18.9 Å². The zero-order chi connectivity index (χ0) is 22.2. The van der Waals surface area contributed by atoms with Crippen molar-refractivity contribution in [2.75, 3.05) is 11.9 Å². The first-order valence-electron chi connectivity index (χ1n) is 9.84. The molecule has 0 spiro atoms. The monoisotopic (exact) mass is 428 g/mol. The predicted molar refractivity (Wildman–Crippen MR) is 116 cm³/mol. The van der Waals surface area contributed by atoms with Crippen molar-refractivity contribution in [3.63, 3.8) is 0 Å². The average molecular weight is 428 g/mol. The Labute approximate surface area is 182 Å². The number of hydrogen-bond acceptors (Lipinski definition) is 5. The number of likely N-dealkylation sites (N-methyl/N-ethyl adjacent to an activating group) is 1. The van der Waals surface area contributed by atoms with Gasteiger partial charge in [0.2, 0.25) is 6.17 Å². The summed E-state index contributed by atoms with van der Waals surface area (Å²) in [5.74, 6) is -1.51. The summed E-state index contributed by atoms with van der Waals surface area (Å²) in [5.41, 5.74) is 2.27. The molecule has 1 N–H and O–H groups in total. The lowest BCUT2D eigenvalue weighted by Gasteiger charge is -2.20. The first-order chi connectivity index (χ1) is 15.5. The zero-order valence-electron chi connectivity index (χ0n) is 16.9. The number of benzodiazepines with no additional fused rings is 1. The number of amides is 2. The van der Waals surface area contributed by atoms with Crippen molar-refractivity contribution in [2.45, 2.75) is 6.17 Å². The largest absolute Gasteiger partial charge is 0.321 e. The van der Waals surface area contributed by atoms with Crippen molar-refractivity contribution >= 4 is 28.9 Å². The number of para-hydroxylation sites is 1. The summed E-state index contributed by atoms with van der Waals surface area (Å²) in [4.78, 5) is 36.3. The molecule has 2 aromatic heterocycles. The third-order valence-electron chi connectivity index (χ3n) is 5.23. The molecule has 8 nitrogen and oxygen atoms in total. The van der Waals surface area contributed by atoms with Crippen molar-refractivity contribution in [3.8, 4) is 0 Å². The highest BCUT2D eigenvalue weighted by molar-refractivity contribution is 6.20. The summed E-state index contributed by atoms with van der Waals surface area (Å²) in [6.45, 7) is 0. The fourth-order valence-corrected chi connectivity index (χ4v) is 3.62. The Bertz CT molecular complexity index is 1400. The number of carbonyl (C=O) groups excluding carboxylic acids is 2.